The number of hydrogen-bond donors (Lipinski definition) is 1. The molecule has 0 bridgehead atoms. The van der Waals surface area contributed by atoms with Crippen molar-refractivity contribution in [2.45, 2.75) is 10.6 Å². The molecule has 2 rings (SSSR count). The van der Waals surface area contributed by atoms with E-state index in [1.165, 1.54) is 18.2 Å². The molecule has 6 heteroatoms. The van der Waals surface area contributed by atoms with Crippen LogP contribution in [-0.4, -0.2) is 8.42 Å². The molecule has 0 heterocycles. The van der Waals surface area contributed by atoms with Gasteiger partial charge in [-0.3, -0.25) is 0 Å². The van der Waals surface area contributed by atoms with Crippen LogP contribution in [0.2, 0.25) is 10.0 Å². The van der Waals surface area contributed by atoms with E-state index in [9.17, 15) is 8.42 Å². The number of anilines is 1. The lowest BCUT2D eigenvalue weighted by atomic mass is 10.2. The zero-order valence-electron chi connectivity index (χ0n) is 9.81. The van der Waals surface area contributed by atoms with Gasteiger partial charge >= 0.3 is 0 Å². The van der Waals surface area contributed by atoms with Gasteiger partial charge < -0.3 is 5.73 Å². The van der Waals surface area contributed by atoms with E-state index in [2.05, 4.69) is 0 Å². The predicted molar refractivity (Wildman–Crippen MR) is 78.2 cm³/mol. The van der Waals surface area contributed by atoms with Gasteiger partial charge in [0.1, 0.15) is 0 Å². The highest BCUT2D eigenvalue weighted by Crippen LogP contribution is 2.26. The standard InChI is InChI=1S/C13H11Cl2NO2S/c14-10-3-1-9(2-4-10)8-19(17,18)13-6-5-11(16)7-12(13)15/h1-7H,8,16H2. The number of nitrogens with two attached hydrogens (primary N) is 1. The summed E-state index contributed by atoms with van der Waals surface area (Å²) in [5.74, 6) is -0.131. The summed E-state index contributed by atoms with van der Waals surface area (Å²) < 4.78 is 24.5. The average molecular weight is 316 g/mol. The first-order valence-electron chi connectivity index (χ1n) is 5.41. The van der Waals surface area contributed by atoms with Crippen LogP contribution in [-0.2, 0) is 15.6 Å². The van der Waals surface area contributed by atoms with Crippen molar-refractivity contribution in [3.05, 3.63) is 58.1 Å². The number of hydrogen-bond acceptors (Lipinski definition) is 3. The second-order valence-electron chi connectivity index (χ2n) is 4.08. The molecule has 0 saturated carbocycles. The van der Waals surface area contributed by atoms with Crippen molar-refractivity contribution in [1.82, 2.24) is 0 Å². The zero-order valence-corrected chi connectivity index (χ0v) is 12.1. The number of sulfone groups is 1. The van der Waals surface area contributed by atoms with E-state index in [1.807, 2.05) is 0 Å². The lowest BCUT2D eigenvalue weighted by molar-refractivity contribution is 0.595. The molecule has 0 unspecified atom stereocenters. The van der Waals surface area contributed by atoms with Crippen LogP contribution >= 0.6 is 23.2 Å². The van der Waals surface area contributed by atoms with Gasteiger partial charge in [0.15, 0.2) is 9.84 Å². The molecule has 0 radical (unpaired) electrons. The van der Waals surface area contributed by atoms with E-state index in [0.717, 1.165) is 0 Å². The smallest absolute Gasteiger partial charge is 0.183 e. The third-order valence-corrected chi connectivity index (χ3v) is 4.98. The summed E-state index contributed by atoms with van der Waals surface area (Å²) in [7, 11) is -3.50. The van der Waals surface area contributed by atoms with Crippen LogP contribution in [0.5, 0.6) is 0 Å². The van der Waals surface area contributed by atoms with Gasteiger partial charge in [-0.2, -0.15) is 0 Å². The molecule has 2 N–H and O–H groups in total. The second kappa shape index (κ2) is 5.41. The number of halogens is 2. The highest BCUT2D eigenvalue weighted by molar-refractivity contribution is 7.90. The molecule has 19 heavy (non-hydrogen) atoms. The molecular weight excluding hydrogens is 305 g/mol. The summed E-state index contributed by atoms with van der Waals surface area (Å²) in [6, 6.07) is 11.0. The van der Waals surface area contributed by atoms with E-state index in [0.29, 0.717) is 16.3 Å². The van der Waals surface area contributed by atoms with Gasteiger partial charge in [0.25, 0.3) is 0 Å². The van der Waals surface area contributed by atoms with Gasteiger partial charge in [-0.25, -0.2) is 8.42 Å². The molecule has 100 valence electrons. The first-order chi connectivity index (χ1) is 8.88. The van der Waals surface area contributed by atoms with Crippen LogP contribution in [0.3, 0.4) is 0 Å². The van der Waals surface area contributed by atoms with Gasteiger partial charge in [0.2, 0.25) is 0 Å². The quantitative estimate of drug-likeness (QED) is 0.881. The zero-order chi connectivity index (χ0) is 14.0. The van der Waals surface area contributed by atoms with Crippen molar-refractivity contribution in [1.29, 1.82) is 0 Å². The summed E-state index contributed by atoms with van der Waals surface area (Å²) in [6.07, 6.45) is 0. The fourth-order valence-electron chi connectivity index (χ4n) is 1.65. The maximum absolute atomic E-state index is 12.3. The van der Waals surface area contributed by atoms with Crippen molar-refractivity contribution in [3.8, 4) is 0 Å². The minimum absolute atomic E-state index is 0.0818. The van der Waals surface area contributed by atoms with Gasteiger partial charge in [-0.15, -0.1) is 0 Å². The fourth-order valence-corrected chi connectivity index (χ4v) is 3.73. The molecule has 0 amide bonds. The molecule has 3 nitrogen and oxygen atoms in total. The van der Waals surface area contributed by atoms with Crippen LogP contribution in [0.4, 0.5) is 5.69 Å². The van der Waals surface area contributed by atoms with Gasteiger partial charge in [-0.05, 0) is 35.9 Å². The fraction of sp³-hybridized carbons (Fsp3) is 0.0769. The van der Waals surface area contributed by atoms with Gasteiger partial charge in [0, 0.05) is 10.7 Å². The minimum atomic E-state index is -3.50. The summed E-state index contributed by atoms with van der Waals surface area (Å²) >= 11 is 11.7. The topological polar surface area (TPSA) is 60.2 Å². The van der Waals surface area contributed by atoms with Crippen LogP contribution < -0.4 is 5.73 Å². The lowest BCUT2D eigenvalue weighted by Gasteiger charge is -2.07. The van der Waals surface area contributed by atoms with Crippen LogP contribution in [0, 0.1) is 0 Å². The Morgan fingerprint density at radius 2 is 1.63 bits per heavy atom. The average Bonchev–Trinajstić information content (AvgIpc) is 2.31. The first kappa shape index (κ1) is 14.2. The van der Waals surface area contributed by atoms with Crippen molar-refractivity contribution in [3.63, 3.8) is 0 Å². The molecular formula is C13H11Cl2NO2S. The number of rotatable bonds is 3. The first-order valence-corrected chi connectivity index (χ1v) is 7.81. The molecule has 0 aromatic heterocycles. The lowest BCUT2D eigenvalue weighted by Crippen LogP contribution is -2.06. The molecule has 0 aliphatic heterocycles. The molecule has 2 aromatic carbocycles. The van der Waals surface area contributed by atoms with Crippen molar-refractivity contribution >= 4 is 38.7 Å². The Morgan fingerprint density at radius 1 is 1.00 bits per heavy atom. The summed E-state index contributed by atoms with van der Waals surface area (Å²) in [6.45, 7) is 0. The highest BCUT2D eigenvalue weighted by atomic mass is 35.5. The highest BCUT2D eigenvalue weighted by Gasteiger charge is 2.18. The van der Waals surface area contributed by atoms with Gasteiger partial charge in [0.05, 0.1) is 15.7 Å². The van der Waals surface area contributed by atoms with E-state index in [1.54, 1.807) is 24.3 Å². The normalized spacial score (nSPS) is 11.5. The third kappa shape index (κ3) is 3.41. The summed E-state index contributed by atoms with van der Waals surface area (Å²) in [4.78, 5) is 0.0818. The Labute approximate surface area is 121 Å². The summed E-state index contributed by atoms with van der Waals surface area (Å²) in [5.41, 5.74) is 6.62. The Morgan fingerprint density at radius 3 is 2.21 bits per heavy atom. The van der Waals surface area contributed by atoms with Crippen LogP contribution in [0.15, 0.2) is 47.4 Å². The van der Waals surface area contributed by atoms with Crippen LogP contribution in [0.1, 0.15) is 5.56 Å². The largest absolute Gasteiger partial charge is 0.399 e. The van der Waals surface area contributed by atoms with Crippen LogP contribution in [0.25, 0.3) is 0 Å². The minimum Gasteiger partial charge on any atom is -0.399 e. The molecule has 0 aliphatic carbocycles. The second-order valence-corrected chi connectivity index (χ2v) is 6.88. The molecule has 0 spiro atoms. The van der Waals surface area contributed by atoms with Crippen molar-refractivity contribution < 1.29 is 8.42 Å². The van der Waals surface area contributed by atoms with Gasteiger partial charge in [-0.1, -0.05) is 35.3 Å². The number of nitrogen functional groups attached to an aromatic ring is 1. The van der Waals surface area contributed by atoms with Crippen molar-refractivity contribution in [2.75, 3.05) is 5.73 Å². The maximum atomic E-state index is 12.3. The van der Waals surface area contributed by atoms with E-state index in [-0.39, 0.29) is 15.7 Å². The Balaban J connectivity index is 2.35. The third-order valence-electron chi connectivity index (χ3n) is 2.56. The summed E-state index contributed by atoms with van der Waals surface area (Å²) in [5, 5.41) is 0.695. The molecule has 0 fully saturated rings. The Bertz CT molecular complexity index is 697. The van der Waals surface area contributed by atoms with E-state index in [4.69, 9.17) is 28.9 Å². The molecule has 0 aliphatic rings. The monoisotopic (exact) mass is 315 g/mol. The molecule has 0 atom stereocenters. The van der Waals surface area contributed by atoms with E-state index >= 15 is 0 Å². The Kier molecular flexibility index (Phi) is 4.04. The molecule has 2 aromatic rings. The predicted octanol–water partition coefficient (Wildman–Crippen LogP) is 3.55. The van der Waals surface area contributed by atoms with E-state index < -0.39 is 9.84 Å². The Hall–Kier alpha value is -1.23. The molecule has 0 saturated heterocycles. The number of benzene rings is 2. The van der Waals surface area contributed by atoms with Crippen molar-refractivity contribution in [2.24, 2.45) is 0 Å². The SMILES string of the molecule is Nc1ccc(S(=O)(=O)Cc2ccc(Cl)cc2)c(Cl)c1. The maximum Gasteiger partial charge on any atom is 0.183 e.